The molecule has 0 saturated carbocycles. The predicted molar refractivity (Wildman–Crippen MR) is 106 cm³/mol. The predicted octanol–water partition coefficient (Wildman–Crippen LogP) is 4.87. The van der Waals surface area contributed by atoms with Gasteiger partial charge < -0.3 is 10.2 Å². The van der Waals surface area contributed by atoms with E-state index in [0.29, 0.717) is 0 Å². The molecule has 1 aliphatic heterocycles. The molecule has 2 aromatic rings. The Bertz CT molecular complexity index is 548. The lowest BCUT2D eigenvalue weighted by Crippen LogP contribution is -2.35. The van der Waals surface area contributed by atoms with Gasteiger partial charge in [-0.1, -0.05) is 48.5 Å². The van der Waals surface area contributed by atoms with Crippen LogP contribution in [0, 0.1) is 5.92 Å². The number of nitrogens with one attached hydrogen (secondary N) is 1. The SMILES string of the molecule is Cl.c1ccc(CC2CCN(CCCNc3ccccc3)CC2)cc1. The number of para-hydroxylation sites is 1. The van der Waals surface area contributed by atoms with Crippen molar-refractivity contribution in [3.8, 4) is 0 Å². The van der Waals surface area contributed by atoms with Gasteiger partial charge in [0, 0.05) is 12.2 Å². The molecule has 0 aliphatic carbocycles. The zero-order valence-electron chi connectivity index (χ0n) is 14.4. The van der Waals surface area contributed by atoms with Crippen molar-refractivity contribution in [1.29, 1.82) is 0 Å². The van der Waals surface area contributed by atoms with Crippen LogP contribution >= 0.6 is 12.4 Å². The normalized spacial score (nSPS) is 15.7. The third-order valence-electron chi connectivity index (χ3n) is 4.83. The maximum atomic E-state index is 3.50. The molecular weight excluding hydrogens is 316 g/mol. The Morgan fingerprint density at radius 2 is 1.50 bits per heavy atom. The van der Waals surface area contributed by atoms with Crippen molar-refractivity contribution >= 4 is 18.1 Å². The van der Waals surface area contributed by atoms with Crippen molar-refractivity contribution in [2.45, 2.75) is 25.7 Å². The van der Waals surface area contributed by atoms with Gasteiger partial charge in [0.1, 0.15) is 0 Å². The number of halogens is 1. The van der Waals surface area contributed by atoms with E-state index in [2.05, 4.69) is 70.9 Å². The minimum Gasteiger partial charge on any atom is -0.385 e. The topological polar surface area (TPSA) is 15.3 Å². The molecule has 2 nitrogen and oxygen atoms in total. The van der Waals surface area contributed by atoms with Crippen LogP contribution in [0.5, 0.6) is 0 Å². The molecule has 0 unspecified atom stereocenters. The zero-order chi connectivity index (χ0) is 15.7. The highest BCUT2D eigenvalue weighted by molar-refractivity contribution is 5.85. The van der Waals surface area contributed by atoms with Gasteiger partial charge in [-0.25, -0.2) is 0 Å². The number of benzene rings is 2. The van der Waals surface area contributed by atoms with Gasteiger partial charge in [0.05, 0.1) is 0 Å². The van der Waals surface area contributed by atoms with E-state index < -0.39 is 0 Å². The summed E-state index contributed by atoms with van der Waals surface area (Å²) in [5, 5.41) is 3.50. The molecule has 0 atom stereocenters. The Morgan fingerprint density at radius 1 is 0.875 bits per heavy atom. The highest BCUT2D eigenvalue weighted by Gasteiger charge is 2.18. The highest BCUT2D eigenvalue weighted by Crippen LogP contribution is 2.21. The minimum absolute atomic E-state index is 0. The Morgan fingerprint density at radius 3 is 2.17 bits per heavy atom. The van der Waals surface area contributed by atoms with Crippen LogP contribution in [0.2, 0.25) is 0 Å². The van der Waals surface area contributed by atoms with E-state index in [9.17, 15) is 0 Å². The average Bonchev–Trinajstić information content (AvgIpc) is 2.62. The van der Waals surface area contributed by atoms with Gasteiger partial charge in [-0.2, -0.15) is 0 Å². The van der Waals surface area contributed by atoms with Gasteiger partial charge in [-0.15, -0.1) is 12.4 Å². The molecule has 24 heavy (non-hydrogen) atoms. The summed E-state index contributed by atoms with van der Waals surface area (Å²) in [6.07, 6.45) is 5.17. The number of hydrogen-bond donors (Lipinski definition) is 1. The fourth-order valence-corrected chi connectivity index (χ4v) is 3.45. The summed E-state index contributed by atoms with van der Waals surface area (Å²) in [5.41, 5.74) is 2.73. The zero-order valence-corrected chi connectivity index (χ0v) is 15.2. The molecule has 3 rings (SSSR count). The first kappa shape index (κ1) is 18.8. The quantitative estimate of drug-likeness (QED) is 0.721. The lowest BCUT2D eigenvalue weighted by Gasteiger charge is -2.32. The lowest BCUT2D eigenvalue weighted by molar-refractivity contribution is 0.183. The van der Waals surface area contributed by atoms with E-state index in [-0.39, 0.29) is 12.4 Å². The Hall–Kier alpha value is -1.51. The molecular formula is C21H29ClN2. The van der Waals surface area contributed by atoms with E-state index in [1.54, 1.807) is 0 Å². The Labute approximate surface area is 152 Å². The number of anilines is 1. The van der Waals surface area contributed by atoms with Gasteiger partial charge in [-0.05, 0) is 68.9 Å². The minimum atomic E-state index is 0. The first-order valence-electron chi connectivity index (χ1n) is 8.95. The van der Waals surface area contributed by atoms with Crippen LogP contribution in [-0.2, 0) is 6.42 Å². The smallest absolute Gasteiger partial charge is 0.0340 e. The van der Waals surface area contributed by atoms with E-state index in [4.69, 9.17) is 0 Å². The molecule has 2 aromatic carbocycles. The van der Waals surface area contributed by atoms with Crippen LogP contribution in [-0.4, -0.2) is 31.1 Å². The van der Waals surface area contributed by atoms with Crippen LogP contribution in [0.15, 0.2) is 60.7 Å². The molecule has 1 saturated heterocycles. The summed E-state index contributed by atoms with van der Waals surface area (Å²) in [6, 6.07) is 21.4. The summed E-state index contributed by atoms with van der Waals surface area (Å²) in [5.74, 6) is 0.871. The first-order valence-corrected chi connectivity index (χ1v) is 8.95. The Kier molecular flexibility index (Phi) is 8.14. The Balaban J connectivity index is 0.00000208. The number of rotatable bonds is 7. The summed E-state index contributed by atoms with van der Waals surface area (Å²) in [4.78, 5) is 2.63. The number of nitrogens with zero attached hydrogens (tertiary/aromatic N) is 1. The van der Waals surface area contributed by atoms with E-state index in [1.807, 2.05) is 0 Å². The molecule has 0 radical (unpaired) electrons. The molecule has 3 heteroatoms. The fraction of sp³-hybridized carbons (Fsp3) is 0.429. The van der Waals surface area contributed by atoms with Crippen LogP contribution in [0.3, 0.4) is 0 Å². The molecule has 0 bridgehead atoms. The van der Waals surface area contributed by atoms with Crippen LogP contribution < -0.4 is 5.32 Å². The van der Waals surface area contributed by atoms with Crippen molar-refractivity contribution in [2.75, 3.05) is 31.5 Å². The average molecular weight is 345 g/mol. The van der Waals surface area contributed by atoms with Crippen molar-refractivity contribution in [1.82, 2.24) is 4.90 Å². The first-order chi connectivity index (χ1) is 11.4. The number of piperidine rings is 1. The van der Waals surface area contributed by atoms with Crippen molar-refractivity contribution < 1.29 is 0 Å². The molecule has 0 amide bonds. The summed E-state index contributed by atoms with van der Waals surface area (Å²) in [7, 11) is 0. The van der Waals surface area contributed by atoms with E-state index in [1.165, 1.54) is 56.6 Å². The second kappa shape index (κ2) is 10.4. The second-order valence-electron chi connectivity index (χ2n) is 6.62. The van der Waals surface area contributed by atoms with E-state index >= 15 is 0 Å². The van der Waals surface area contributed by atoms with Gasteiger partial charge in [-0.3, -0.25) is 0 Å². The maximum absolute atomic E-state index is 3.50. The van der Waals surface area contributed by atoms with Gasteiger partial charge in [0.25, 0.3) is 0 Å². The molecule has 0 aromatic heterocycles. The third kappa shape index (κ3) is 6.18. The summed E-state index contributed by atoms with van der Waals surface area (Å²) < 4.78 is 0. The lowest BCUT2D eigenvalue weighted by atomic mass is 9.90. The molecule has 1 fully saturated rings. The van der Waals surface area contributed by atoms with Crippen molar-refractivity contribution in [2.24, 2.45) is 5.92 Å². The molecule has 1 N–H and O–H groups in total. The van der Waals surface area contributed by atoms with Gasteiger partial charge in [0.2, 0.25) is 0 Å². The monoisotopic (exact) mass is 344 g/mol. The maximum Gasteiger partial charge on any atom is 0.0340 e. The van der Waals surface area contributed by atoms with Gasteiger partial charge in [0.15, 0.2) is 0 Å². The summed E-state index contributed by atoms with van der Waals surface area (Å²) >= 11 is 0. The largest absolute Gasteiger partial charge is 0.385 e. The molecule has 130 valence electrons. The number of hydrogen-bond acceptors (Lipinski definition) is 2. The molecule has 1 heterocycles. The number of likely N-dealkylation sites (tertiary alicyclic amines) is 1. The van der Waals surface area contributed by atoms with Crippen LogP contribution in [0.4, 0.5) is 5.69 Å². The second-order valence-corrected chi connectivity index (χ2v) is 6.62. The molecule has 0 spiro atoms. The third-order valence-corrected chi connectivity index (χ3v) is 4.83. The summed E-state index contributed by atoms with van der Waals surface area (Å²) in [6.45, 7) is 4.82. The van der Waals surface area contributed by atoms with E-state index in [0.717, 1.165) is 12.5 Å². The van der Waals surface area contributed by atoms with Crippen molar-refractivity contribution in [3.63, 3.8) is 0 Å². The van der Waals surface area contributed by atoms with Crippen molar-refractivity contribution in [3.05, 3.63) is 66.2 Å². The van der Waals surface area contributed by atoms with Crippen LogP contribution in [0.25, 0.3) is 0 Å². The standard InChI is InChI=1S/C21H28N2.ClH/c1-3-8-19(9-4-1)18-20-12-16-23(17-13-20)15-7-14-22-21-10-5-2-6-11-21;/h1-6,8-11,20,22H,7,12-18H2;1H. The van der Waals surface area contributed by atoms with Crippen LogP contribution in [0.1, 0.15) is 24.8 Å². The van der Waals surface area contributed by atoms with Gasteiger partial charge >= 0.3 is 0 Å². The highest BCUT2D eigenvalue weighted by atomic mass is 35.5. The molecule has 1 aliphatic rings. The fourth-order valence-electron chi connectivity index (χ4n) is 3.45.